The number of rotatable bonds is 6. The third-order valence-corrected chi connectivity index (χ3v) is 5.60. The largest absolute Gasteiger partial charge is 0.493 e. The van der Waals surface area contributed by atoms with Crippen LogP contribution in [0, 0.1) is 6.92 Å². The average molecular weight is 455 g/mol. The van der Waals surface area contributed by atoms with Gasteiger partial charge in [0.15, 0.2) is 5.76 Å². The van der Waals surface area contributed by atoms with Crippen LogP contribution in [0.1, 0.15) is 34.0 Å². The molecule has 0 N–H and O–H groups in total. The van der Waals surface area contributed by atoms with Crippen molar-refractivity contribution in [2.45, 2.75) is 20.5 Å². The second kappa shape index (κ2) is 9.04. The minimum absolute atomic E-state index is 0.167. The molecule has 0 amide bonds. The Balaban J connectivity index is 1.60. The van der Waals surface area contributed by atoms with Crippen LogP contribution in [0.3, 0.4) is 0 Å². The highest BCUT2D eigenvalue weighted by Crippen LogP contribution is 2.38. The predicted octanol–water partition coefficient (Wildman–Crippen LogP) is 6.90. The van der Waals surface area contributed by atoms with E-state index in [0.717, 1.165) is 11.1 Å². The molecule has 0 radical (unpaired) electrons. The fourth-order valence-electron chi connectivity index (χ4n) is 3.41. The summed E-state index contributed by atoms with van der Waals surface area (Å²) in [4.78, 5) is 13.0. The quantitative estimate of drug-likeness (QED) is 0.380. The number of aryl methyl sites for hydroxylation is 1. The summed E-state index contributed by atoms with van der Waals surface area (Å²) in [7, 11) is 0. The van der Waals surface area contributed by atoms with E-state index in [1.807, 2.05) is 44.2 Å². The number of halogens is 2. The van der Waals surface area contributed by atoms with E-state index in [1.165, 1.54) is 0 Å². The summed E-state index contributed by atoms with van der Waals surface area (Å²) in [5.41, 5.74) is 2.78. The number of benzene rings is 3. The van der Waals surface area contributed by atoms with Gasteiger partial charge < -0.3 is 14.2 Å². The van der Waals surface area contributed by atoms with Crippen molar-refractivity contribution < 1.29 is 19.0 Å². The van der Waals surface area contributed by atoms with Crippen molar-refractivity contribution in [1.29, 1.82) is 0 Å². The molecule has 1 heterocycles. The second-order valence-corrected chi connectivity index (χ2v) is 7.83. The van der Waals surface area contributed by atoms with E-state index in [0.29, 0.717) is 45.0 Å². The average Bonchev–Trinajstić information content (AvgIpc) is 3.05. The number of Topliss-reactive ketones (excluding diaryl/α,β-unsaturated/α-hetero) is 1. The van der Waals surface area contributed by atoms with Gasteiger partial charge in [0, 0.05) is 27.2 Å². The third-order valence-electron chi connectivity index (χ3n) is 4.89. The van der Waals surface area contributed by atoms with E-state index in [4.69, 9.17) is 37.4 Å². The highest BCUT2D eigenvalue weighted by atomic mass is 35.5. The molecule has 0 saturated heterocycles. The fraction of sp³-hybridized carbons (Fsp3) is 0.160. The first-order valence-electron chi connectivity index (χ1n) is 9.84. The van der Waals surface area contributed by atoms with Gasteiger partial charge in [0.05, 0.1) is 12.2 Å². The standard InChI is InChI=1S/C25H20Cl2O4/c1-3-29-21-10-5-4-7-16(21)12-23-25(28)24-15(2)11-17(13-22(24)31-23)30-14-18-19(26)8-6-9-20(18)27/h4-13H,3,14H2,1-2H3/b23-12-. The van der Waals surface area contributed by atoms with Gasteiger partial charge in [0.25, 0.3) is 0 Å². The van der Waals surface area contributed by atoms with Crippen LogP contribution in [0.2, 0.25) is 10.0 Å². The number of hydrogen-bond acceptors (Lipinski definition) is 4. The van der Waals surface area contributed by atoms with Gasteiger partial charge in [0.1, 0.15) is 23.9 Å². The van der Waals surface area contributed by atoms with E-state index in [2.05, 4.69) is 0 Å². The minimum Gasteiger partial charge on any atom is -0.493 e. The number of carbonyl (C=O) groups excluding carboxylic acids is 1. The van der Waals surface area contributed by atoms with Crippen LogP contribution < -0.4 is 14.2 Å². The van der Waals surface area contributed by atoms with Gasteiger partial charge in [0.2, 0.25) is 5.78 Å². The zero-order valence-electron chi connectivity index (χ0n) is 17.1. The molecule has 6 heteroatoms. The van der Waals surface area contributed by atoms with Crippen LogP contribution in [0.5, 0.6) is 17.2 Å². The second-order valence-electron chi connectivity index (χ2n) is 7.01. The highest BCUT2D eigenvalue weighted by molar-refractivity contribution is 6.35. The van der Waals surface area contributed by atoms with Crippen molar-refractivity contribution in [3.63, 3.8) is 0 Å². The number of allylic oxidation sites excluding steroid dienone is 1. The predicted molar refractivity (Wildman–Crippen MR) is 123 cm³/mol. The maximum absolute atomic E-state index is 13.0. The fourth-order valence-corrected chi connectivity index (χ4v) is 3.92. The summed E-state index contributed by atoms with van der Waals surface area (Å²) in [6.45, 7) is 4.50. The molecule has 0 unspecified atom stereocenters. The molecule has 31 heavy (non-hydrogen) atoms. The number of ketones is 1. The maximum Gasteiger partial charge on any atom is 0.232 e. The van der Waals surface area contributed by atoms with Crippen LogP contribution in [0.4, 0.5) is 0 Å². The molecule has 0 saturated carbocycles. The summed E-state index contributed by atoms with van der Waals surface area (Å²) < 4.78 is 17.4. The van der Waals surface area contributed by atoms with Crippen LogP contribution in [-0.4, -0.2) is 12.4 Å². The molecule has 3 aromatic carbocycles. The molecular weight excluding hydrogens is 435 g/mol. The number of ether oxygens (including phenoxy) is 3. The lowest BCUT2D eigenvalue weighted by Crippen LogP contribution is -2.01. The van der Waals surface area contributed by atoms with Gasteiger partial charge in [-0.15, -0.1) is 0 Å². The topological polar surface area (TPSA) is 44.8 Å². The molecule has 1 aliphatic rings. The molecule has 0 fully saturated rings. The monoisotopic (exact) mass is 454 g/mol. The molecule has 3 aromatic rings. The van der Waals surface area contributed by atoms with Gasteiger partial charge in [-0.25, -0.2) is 0 Å². The molecule has 4 nitrogen and oxygen atoms in total. The molecule has 0 spiro atoms. The molecule has 0 aromatic heterocycles. The van der Waals surface area contributed by atoms with Crippen molar-refractivity contribution >= 4 is 35.1 Å². The van der Waals surface area contributed by atoms with Crippen molar-refractivity contribution in [2.24, 2.45) is 0 Å². The van der Waals surface area contributed by atoms with Gasteiger partial charge in [-0.3, -0.25) is 4.79 Å². The smallest absolute Gasteiger partial charge is 0.232 e. The summed E-state index contributed by atoms with van der Waals surface area (Å²) in [5.74, 6) is 1.81. The first-order chi connectivity index (χ1) is 15.0. The van der Waals surface area contributed by atoms with Gasteiger partial charge in [-0.2, -0.15) is 0 Å². The first kappa shape index (κ1) is 21.3. The normalized spacial score (nSPS) is 13.8. The van der Waals surface area contributed by atoms with Gasteiger partial charge >= 0.3 is 0 Å². The minimum atomic E-state index is -0.167. The van der Waals surface area contributed by atoms with E-state index in [9.17, 15) is 4.79 Å². The van der Waals surface area contributed by atoms with Crippen LogP contribution in [-0.2, 0) is 6.61 Å². The van der Waals surface area contributed by atoms with E-state index in [-0.39, 0.29) is 18.1 Å². The molecule has 4 rings (SSSR count). The highest BCUT2D eigenvalue weighted by Gasteiger charge is 2.30. The number of hydrogen-bond donors (Lipinski definition) is 0. The van der Waals surface area contributed by atoms with Crippen molar-refractivity contribution in [1.82, 2.24) is 0 Å². The summed E-state index contributed by atoms with van der Waals surface area (Å²) in [5, 5.41) is 1.07. The van der Waals surface area contributed by atoms with Crippen LogP contribution in [0.25, 0.3) is 6.08 Å². The number of para-hydroxylation sites is 1. The van der Waals surface area contributed by atoms with Gasteiger partial charge in [-0.1, -0.05) is 47.5 Å². The lowest BCUT2D eigenvalue weighted by molar-refractivity contribution is 0.101. The molecule has 0 bridgehead atoms. The molecular formula is C25H20Cl2O4. The Hall–Kier alpha value is -2.95. The third kappa shape index (κ3) is 4.41. The zero-order chi connectivity index (χ0) is 22.0. The lowest BCUT2D eigenvalue weighted by atomic mass is 10.0. The SMILES string of the molecule is CCOc1ccccc1/C=C1\Oc2cc(OCc3c(Cl)cccc3Cl)cc(C)c2C1=O. The van der Waals surface area contributed by atoms with Gasteiger partial charge in [-0.05, 0) is 49.8 Å². The van der Waals surface area contributed by atoms with Crippen molar-refractivity contribution in [3.8, 4) is 17.2 Å². The summed E-state index contributed by atoms with van der Waals surface area (Å²) in [6, 6.07) is 16.3. The van der Waals surface area contributed by atoms with Crippen molar-refractivity contribution in [2.75, 3.05) is 6.61 Å². The Kier molecular flexibility index (Phi) is 6.21. The molecule has 158 valence electrons. The van der Waals surface area contributed by atoms with Crippen molar-refractivity contribution in [3.05, 3.63) is 92.7 Å². The Morgan fingerprint density at radius 3 is 2.48 bits per heavy atom. The molecule has 0 aliphatic carbocycles. The van der Waals surface area contributed by atoms with Crippen LogP contribution in [0.15, 0.2) is 60.4 Å². The Morgan fingerprint density at radius 2 is 1.74 bits per heavy atom. The summed E-state index contributed by atoms with van der Waals surface area (Å²) in [6.07, 6.45) is 1.71. The maximum atomic E-state index is 13.0. The molecule has 0 atom stereocenters. The molecule has 1 aliphatic heterocycles. The Bertz CT molecular complexity index is 1160. The summed E-state index contributed by atoms with van der Waals surface area (Å²) >= 11 is 12.4. The van der Waals surface area contributed by atoms with E-state index < -0.39 is 0 Å². The zero-order valence-corrected chi connectivity index (χ0v) is 18.6. The lowest BCUT2D eigenvalue weighted by Gasteiger charge is -2.11. The van der Waals surface area contributed by atoms with Crippen LogP contribution >= 0.6 is 23.2 Å². The number of fused-ring (bicyclic) bond motifs is 1. The van der Waals surface area contributed by atoms with E-state index >= 15 is 0 Å². The first-order valence-corrected chi connectivity index (χ1v) is 10.6. The Morgan fingerprint density at radius 1 is 1.00 bits per heavy atom. The number of carbonyl (C=O) groups is 1. The Labute approximate surface area is 191 Å². The van der Waals surface area contributed by atoms with E-state index in [1.54, 1.807) is 30.3 Å².